The lowest BCUT2D eigenvalue weighted by Gasteiger charge is -2.32. The fourth-order valence-corrected chi connectivity index (χ4v) is 2.32. The van der Waals surface area contributed by atoms with Gasteiger partial charge in [0.2, 0.25) is 5.91 Å². The number of methoxy groups -OCH3 is 1. The highest BCUT2D eigenvalue weighted by atomic mass is 16.5. The van der Waals surface area contributed by atoms with E-state index in [0.717, 1.165) is 58.3 Å². The van der Waals surface area contributed by atoms with Gasteiger partial charge in [0.05, 0.1) is 6.04 Å². The molecule has 0 aromatic rings. The van der Waals surface area contributed by atoms with Gasteiger partial charge in [-0.05, 0) is 38.6 Å². The van der Waals surface area contributed by atoms with Crippen LogP contribution in [0.25, 0.3) is 0 Å². The second kappa shape index (κ2) is 8.48. The van der Waals surface area contributed by atoms with Crippen LogP contribution in [0, 0.1) is 0 Å². The minimum atomic E-state index is 0.0627. The van der Waals surface area contributed by atoms with Gasteiger partial charge in [-0.3, -0.25) is 4.79 Å². The predicted molar refractivity (Wildman–Crippen MR) is 69.0 cm³/mol. The number of carbonyl (C=O) groups is 1. The lowest BCUT2D eigenvalue weighted by Crippen LogP contribution is -2.50. The number of unbranched alkanes of at least 4 members (excludes halogenated alkanes) is 2. The van der Waals surface area contributed by atoms with E-state index in [1.54, 1.807) is 7.11 Å². The van der Waals surface area contributed by atoms with E-state index in [0.29, 0.717) is 5.91 Å². The van der Waals surface area contributed by atoms with Crippen LogP contribution in [-0.2, 0) is 9.53 Å². The lowest BCUT2D eigenvalue weighted by molar-refractivity contribution is -0.136. The third kappa shape index (κ3) is 5.04. The van der Waals surface area contributed by atoms with Crippen molar-refractivity contribution in [1.29, 1.82) is 0 Å². The molecule has 4 heteroatoms. The second-order valence-electron chi connectivity index (χ2n) is 4.63. The number of ether oxygens (including phenoxy) is 1. The monoisotopic (exact) mass is 242 g/mol. The first-order valence-corrected chi connectivity index (χ1v) is 6.80. The van der Waals surface area contributed by atoms with Crippen molar-refractivity contribution < 1.29 is 9.53 Å². The van der Waals surface area contributed by atoms with E-state index >= 15 is 0 Å². The quantitative estimate of drug-likeness (QED) is 0.654. The van der Waals surface area contributed by atoms with Crippen LogP contribution in [0.15, 0.2) is 0 Å². The second-order valence-corrected chi connectivity index (χ2v) is 4.63. The summed E-state index contributed by atoms with van der Waals surface area (Å²) in [6, 6.07) is 0.0627. The topological polar surface area (TPSA) is 41.6 Å². The van der Waals surface area contributed by atoms with E-state index in [1.807, 2.05) is 4.90 Å². The summed E-state index contributed by atoms with van der Waals surface area (Å²) in [6.07, 6.45) is 5.45. The van der Waals surface area contributed by atoms with Gasteiger partial charge >= 0.3 is 0 Å². The Hall–Kier alpha value is -0.610. The Kier molecular flexibility index (Phi) is 7.21. The highest BCUT2D eigenvalue weighted by Gasteiger charge is 2.27. The Balaban J connectivity index is 2.20. The third-order valence-electron chi connectivity index (χ3n) is 3.26. The Morgan fingerprint density at radius 1 is 1.41 bits per heavy atom. The van der Waals surface area contributed by atoms with Crippen molar-refractivity contribution in [2.75, 3.05) is 33.4 Å². The molecular weight excluding hydrogens is 216 g/mol. The molecule has 1 N–H and O–H groups in total. The van der Waals surface area contributed by atoms with Gasteiger partial charge in [-0.25, -0.2) is 0 Å². The summed E-state index contributed by atoms with van der Waals surface area (Å²) in [7, 11) is 1.73. The number of nitrogens with zero attached hydrogens (tertiary/aromatic N) is 1. The molecule has 1 heterocycles. The summed E-state index contributed by atoms with van der Waals surface area (Å²) in [5, 5.41) is 3.26. The number of hydrogen-bond donors (Lipinski definition) is 1. The molecule has 0 spiro atoms. The van der Waals surface area contributed by atoms with Crippen LogP contribution in [0.2, 0.25) is 0 Å². The van der Waals surface area contributed by atoms with Gasteiger partial charge in [0.15, 0.2) is 0 Å². The first-order chi connectivity index (χ1) is 8.29. The van der Waals surface area contributed by atoms with Gasteiger partial charge in [-0.1, -0.05) is 6.92 Å². The van der Waals surface area contributed by atoms with Crippen LogP contribution in [0.4, 0.5) is 0 Å². The molecule has 0 aliphatic carbocycles. The smallest absolute Gasteiger partial charge is 0.239 e. The molecule has 1 rings (SSSR count). The molecule has 0 saturated carbocycles. The maximum Gasteiger partial charge on any atom is 0.239 e. The zero-order chi connectivity index (χ0) is 12.5. The van der Waals surface area contributed by atoms with E-state index < -0.39 is 0 Å². The Bertz CT molecular complexity index is 219. The number of nitrogens with one attached hydrogen (secondary N) is 1. The largest absolute Gasteiger partial charge is 0.385 e. The van der Waals surface area contributed by atoms with Crippen molar-refractivity contribution in [2.24, 2.45) is 0 Å². The fourth-order valence-electron chi connectivity index (χ4n) is 2.32. The molecule has 1 aliphatic rings. The maximum absolute atomic E-state index is 12.1. The minimum Gasteiger partial charge on any atom is -0.385 e. The van der Waals surface area contributed by atoms with Gasteiger partial charge in [-0.2, -0.15) is 0 Å². The molecule has 1 amide bonds. The summed E-state index contributed by atoms with van der Waals surface area (Å²) < 4.78 is 5.01. The van der Waals surface area contributed by atoms with Crippen molar-refractivity contribution in [3.8, 4) is 0 Å². The number of piperidine rings is 1. The SMILES string of the molecule is CCNC1CCCN(CCCCCOC)C1=O. The van der Waals surface area contributed by atoms with Crippen molar-refractivity contribution in [3.05, 3.63) is 0 Å². The number of rotatable bonds is 8. The molecule has 0 bridgehead atoms. The van der Waals surface area contributed by atoms with Crippen LogP contribution >= 0.6 is 0 Å². The summed E-state index contributed by atoms with van der Waals surface area (Å²) >= 11 is 0. The number of hydrogen-bond acceptors (Lipinski definition) is 3. The molecular formula is C13H26N2O2. The normalized spacial score (nSPS) is 20.9. The van der Waals surface area contributed by atoms with Gasteiger partial charge in [-0.15, -0.1) is 0 Å². The van der Waals surface area contributed by atoms with Crippen LogP contribution in [-0.4, -0.2) is 50.2 Å². The predicted octanol–water partition coefficient (Wildman–Crippen LogP) is 1.40. The molecule has 4 nitrogen and oxygen atoms in total. The van der Waals surface area contributed by atoms with Crippen LogP contribution in [0.5, 0.6) is 0 Å². The summed E-state index contributed by atoms with van der Waals surface area (Å²) in [6.45, 7) is 5.60. The zero-order valence-corrected chi connectivity index (χ0v) is 11.2. The molecule has 100 valence electrons. The van der Waals surface area contributed by atoms with Crippen LogP contribution in [0.1, 0.15) is 39.0 Å². The first-order valence-electron chi connectivity index (χ1n) is 6.80. The Labute approximate surface area is 105 Å². The van der Waals surface area contributed by atoms with E-state index in [1.165, 1.54) is 0 Å². The van der Waals surface area contributed by atoms with Gasteiger partial charge in [0.25, 0.3) is 0 Å². The molecule has 1 fully saturated rings. The molecule has 0 aromatic carbocycles. The molecule has 1 unspecified atom stereocenters. The average Bonchev–Trinajstić information content (AvgIpc) is 2.33. The zero-order valence-electron chi connectivity index (χ0n) is 11.2. The van der Waals surface area contributed by atoms with Crippen molar-refractivity contribution in [3.63, 3.8) is 0 Å². The number of amides is 1. The fraction of sp³-hybridized carbons (Fsp3) is 0.923. The molecule has 0 aromatic heterocycles. The van der Waals surface area contributed by atoms with Crippen LogP contribution in [0.3, 0.4) is 0 Å². The van der Waals surface area contributed by atoms with Crippen molar-refractivity contribution in [2.45, 2.75) is 45.1 Å². The maximum atomic E-state index is 12.1. The molecule has 1 aliphatic heterocycles. The number of likely N-dealkylation sites (tertiary alicyclic amines) is 1. The van der Waals surface area contributed by atoms with Gasteiger partial charge in [0.1, 0.15) is 0 Å². The van der Waals surface area contributed by atoms with E-state index in [-0.39, 0.29) is 6.04 Å². The molecule has 0 radical (unpaired) electrons. The summed E-state index contributed by atoms with van der Waals surface area (Å²) in [5.41, 5.74) is 0. The lowest BCUT2D eigenvalue weighted by atomic mass is 10.0. The van der Waals surface area contributed by atoms with Gasteiger partial charge < -0.3 is 15.0 Å². The first kappa shape index (κ1) is 14.5. The highest BCUT2D eigenvalue weighted by molar-refractivity contribution is 5.82. The summed E-state index contributed by atoms with van der Waals surface area (Å²) in [5.74, 6) is 0.296. The Morgan fingerprint density at radius 3 is 2.94 bits per heavy atom. The highest BCUT2D eigenvalue weighted by Crippen LogP contribution is 2.12. The summed E-state index contributed by atoms with van der Waals surface area (Å²) in [4.78, 5) is 14.1. The third-order valence-corrected chi connectivity index (χ3v) is 3.26. The van der Waals surface area contributed by atoms with E-state index in [9.17, 15) is 4.79 Å². The molecule has 1 atom stereocenters. The van der Waals surface area contributed by atoms with Crippen LogP contribution < -0.4 is 5.32 Å². The van der Waals surface area contributed by atoms with Crippen molar-refractivity contribution >= 4 is 5.91 Å². The van der Waals surface area contributed by atoms with E-state index in [4.69, 9.17) is 4.74 Å². The Morgan fingerprint density at radius 2 is 2.24 bits per heavy atom. The number of likely N-dealkylation sites (N-methyl/N-ethyl adjacent to an activating group) is 1. The standard InChI is InChI=1S/C13H26N2O2/c1-3-14-12-8-7-10-15(13(12)16)9-5-4-6-11-17-2/h12,14H,3-11H2,1-2H3. The molecule has 1 saturated heterocycles. The van der Waals surface area contributed by atoms with Gasteiger partial charge in [0, 0.05) is 26.8 Å². The van der Waals surface area contributed by atoms with E-state index in [2.05, 4.69) is 12.2 Å². The molecule has 17 heavy (non-hydrogen) atoms. The van der Waals surface area contributed by atoms with Crippen molar-refractivity contribution in [1.82, 2.24) is 10.2 Å². The minimum absolute atomic E-state index is 0.0627. The average molecular weight is 242 g/mol. The number of carbonyl (C=O) groups excluding carboxylic acids is 1.